The first-order valence-electron chi connectivity index (χ1n) is 10.8. The van der Waals surface area contributed by atoms with Crippen LogP contribution in [0.25, 0.3) is 11.0 Å². The van der Waals surface area contributed by atoms with E-state index in [1.54, 1.807) is 27.4 Å². The zero-order chi connectivity index (χ0) is 24.1. The minimum absolute atomic E-state index is 0.140. The van der Waals surface area contributed by atoms with Crippen LogP contribution in [0.15, 0.2) is 76.8 Å². The number of carbonyl (C=O) groups excluding carboxylic acids is 1. The van der Waals surface area contributed by atoms with Gasteiger partial charge in [-0.1, -0.05) is 42.5 Å². The van der Waals surface area contributed by atoms with Gasteiger partial charge in [-0.2, -0.15) is 5.10 Å². The first-order chi connectivity index (χ1) is 16.3. The normalized spacial score (nSPS) is 11.6. The topological polar surface area (TPSA) is 116 Å². The van der Waals surface area contributed by atoms with Crippen LogP contribution < -0.4 is 10.9 Å². The molecule has 2 heterocycles. The molecule has 0 aliphatic carbocycles. The van der Waals surface area contributed by atoms with E-state index in [1.807, 2.05) is 31.2 Å². The van der Waals surface area contributed by atoms with Crippen LogP contribution in [-0.2, 0) is 27.7 Å². The highest BCUT2D eigenvalue weighted by molar-refractivity contribution is 7.91. The summed E-state index contributed by atoms with van der Waals surface area (Å²) < 4.78 is 27.7. The maximum absolute atomic E-state index is 12.9. The van der Waals surface area contributed by atoms with Crippen LogP contribution >= 0.6 is 0 Å². The number of fused-ring (bicyclic) bond motifs is 1. The van der Waals surface area contributed by atoms with E-state index in [2.05, 4.69) is 15.4 Å². The molecule has 0 spiro atoms. The monoisotopic (exact) mass is 479 g/mol. The molecule has 1 amide bonds. The van der Waals surface area contributed by atoms with E-state index in [0.29, 0.717) is 24.1 Å². The second kappa shape index (κ2) is 10.0. The van der Waals surface area contributed by atoms with E-state index >= 15 is 0 Å². The number of nitrogens with one attached hydrogen (secondary N) is 1. The fraction of sp³-hybridized carbons (Fsp3) is 0.250. The first-order valence-corrected chi connectivity index (χ1v) is 12.5. The molecule has 176 valence electrons. The van der Waals surface area contributed by atoms with Crippen molar-refractivity contribution in [3.8, 4) is 0 Å². The van der Waals surface area contributed by atoms with Gasteiger partial charge in [-0.15, -0.1) is 0 Å². The van der Waals surface area contributed by atoms with Crippen LogP contribution in [0.3, 0.4) is 0 Å². The van der Waals surface area contributed by atoms with Crippen molar-refractivity contribution in [1.29, 1.82) is 0 Å². The third-order valence-electron chi connectivity index (χ3n) is 5.57. The Bertz CT molecular complexity index is 1480. The van der Waals surface area contributed by atoms with Crippen molar-refractivity contribution in [2.24, 2.45) is 0 Å². The Labute approximate surface area is 197 Å². The molecule has 0 radical (unpaired) electrons. The number of aryl methyl sites for hydroxylation is 1. The molecule has 0 unspecified atom stereocenters. The molecule has 4 aromatic rings. The third-order valence-corrected chi connectivity index (χ3v) is 7.30. The zero-order valence-corrected chi connectivity index (χ0v) is 19.5. The second-order valence-corrected chi connectivity index (χ2v) is 10.1. The summed E-state index contributed by atoms with van der Waals surface area (Å²) in [7, 11) is -3.51. The summed E-state index contributed by atoms with van der Waals surface area (Å²) in [6.45, 7) is 2.95. The second-order valence-electron chi connectivity index (χ2n) is 7.94. The number of aromatic nitrogens is 4. The highest BCUT2D eigenvalue weighted by atomic mass is 32.2. The largest absolute Gasteiger partial charge is 0.354 e. The van der Waals surface area contributed by atoms with Gasteiger partial charge >= 0.3 is 0 Å². The van der Waals surface area contributed by atoms with E-state index in [9.17, 15) is 18.0 Å². The lowest BCUT2D eigenvalue weighted by molar-refractivity contribution is -0.120. The summed E-state index contributed by atoms with van der Waals surface area (Å²) in [5.74, 6) is -0.639. The molecule has 34 heavy (non-hydrogen) atoms. The number of hydrogen-bond acceptors (Lipinski definition) is 6. The van der Waals surface area contributed by atoms with Gasteiger partial charge < -0.3 is 5.32 Å². The van der Waals surface area contributed by atoms with E-state index < -0.39 is 9.84 Å². The lowest BCUT2D eigenvalue weighted by Crippen LogP contribution is -2.29. The Morgan fingerprint density at radius 3 is 2.56 bits per heavy atom. The van der Waals surface area contributed by atoms with Crippen molar-refractivity contribution in [2.75, 3.05) is 12.3 Å². The predicted molar refractivity (Wildman–Crippen MR) is 128 cm³/mol. The third kappa shape index (κ3) is 5.23. The molecule has 2 aromatic heterocycles. The van der Waals surface area contributed by atoms with E-state index in [4.69, 9.17) is 0 Å². The molecule has 10 heteroatoms. The van der Waals surface area contributed by atoms with Crippen LogP contribution in [0, 0.1) is 6.92 Å². The Balaban J connectivity index is 1.35. The summed E-state index contributed by atoms with van der Waals surface area (Å²) >= 11 is 0. The smallest absolute Gasteiger partial charge is 0.264 e. The highest BCUT2D eigenvalue weighted by Crippen LogP contribution is 2.12. The summed E-state index contributed by atoms with van der Waals surface area (Å²) in [5, 5.41) is 7.34. The van der Waals surface area contributed by atoms with E-state index in [0.717, 1.165) is 11.1 Å². The maximum Gasteiger partial charge on any atom is 0.264 e. The average molecular weight is 480 g/mol. The number of sulfone groups is 1. The molecule has 0 aliphatic heterocycles. The van der Waals surface area contributed by atoms with Gasteiger partial charge in [-0.05, 0) is 30.2 Å². The molecule has 0 bridgehead atoms. The summed E-state index contributed by atoms with van der Waals surface area (Å²) in [6, 6.07) is 15.9. The van der Waals surface area contributed by atoms with Crippen molar-refractivity contribution >= 4 is 26.8 Å². The summed E-state index contributed by atoms with van der Waals surface area (Å²) in [4.78, 5) is 29.6. The van der Waals surface area contributed by atoms with Gasteiger partial charge in [0.2, 0.25) is 5.91 Å². The van der Waals surface area contributed by atoms with Crippen LogP contribution in [0.1, 0.15) is 17.5 Å². The molecule has 0 saturated carbocycles. The molecule has 0 aliphatic rings. The molecular formula is C24H25N5O4S. The predicted octanol–water partition coefficient (Wildman–Crippen LogP) is 1.93. The summed E-state index contributed by atoms with van der Waals surface area (Å²) in [6.07, 6.45) is 2.84. The molecular weight excluding hydrogens is 454 g/mol. The maximum atomic E-state index is 12.9. The molecule has 0 fully saturated rings. The highest BCUT2D eigenvalue weighted by Gasteiger charge is 2.16. The van der Waals surface area contributed by atoms with Crippen LogP contribution in [0.2, 0.25) is 0 Å². The van der Waals surface area contributed by atoms with Crippen molar-refractivity contribution in [1.82, 2.24) is 24.6 Å². The van der Waals surface area contributed by atoms with Gasteiger partial charge in [-0.25, -0.2) is 18.1 Å². The molecule has 0 atom stereocenters. The molecule has 1 N–H and O–H groups in total. The van der Waals surface area contributed by atoms with Crippen molar-refractivity contribution in [2.45, 2.75) is 31.3 Å². The lowest BCUT2D eigenvalue weighted by Gasteiger charge is -2.09. The zero-order valence-electron chi connectivity index (χ0n) is 18.7. The minimum atomic E-state index is -3.51. The SMILES string of the molecule is Cc1ccccc1Cn1cnc2c(cnn2CCNC(=O)CCS(=O)(=O)c2ccccc2)c1=O. The number of hydrogen-bond donors (Lipinski definition) is 1. The number of carbonyl (C=O) groups is 1. The van der Waals surface area contributed by atoms with Gasteiger partial charge in [0.25, 0.3) is 5.56 Å². The number of amides is 1. The van der Waals surface area contributed by atoms with Gasteiger partial charge in [0, 0.05) is 13.0 Å². The number of benzene rings is 2. The molecule has 2 aromatic carbocycles. The van der Waals surface area contributed by atoms with Crippen molar-refractivity contribution in [3.63, 3.8) is 0 Å². The number of nitrogens with zero attached hydrogens (tertiary/aromatic N) is 4. The quantitative estimate of drug-likeness (QED) is 0.392. The van der Waals surface area contributed by atoms with E-state index in [-0.39, 0.29) is 35.1 Å². The Morgan fingerprint density at radius 2 is 1.79 bits per heavy atom. The Morgan fingerprint density at radius 1 is 1.06 bits per heavy atom. The van der Waals surface area contributed by atoms with Gasteiger partial charge in [0.1, 0.15) is 11.7 Å². The van der Waals surface area contributed by atoms with Crippen LogP contribution in [0.4, 0.5) is 0 Å². The van der Waals surface area contributed by atoms with Crippen LogP contribution in [-0.4, -0.2) is 46.0 Å². The van der Waals surface area contributed by atoms with E-state index in [1.165, 1.54) is 24.7 Å². The van der Waals surface area contributed by atoms with Gasteiger partial charge in [0.15, 0.2) is 15.5 Å². The fourth-order valence-corrected chi connectivity index (χ4v) is 4.87. The Kier molecular flexibility index (Phi) is 6.87. The molecule has 0 saturated heterocycles. The van der Waals surface area contributed by atoms with Crippen molar-refractivity contribution < 1.29 is 13.2 Å². The summed E-state index contributed by atoms with van der Waals surface area (Å²) in [5.41, 5.74) is 2.38. The van der Waals surface area contributed by atoms with Crippen LogP contribution in [0.5, 0.6) is 0 Å². The lowest BCUT2D eigenvalue weighted by atomic mass is 10.1. The van der Waals surface area contributed by atoms with Gasteiger partial charge in [0.05, 0.1) is 29.9 Å². The Hall–Kier alpha value is -3.79. The van der Waals surface area contributed by atoms with Crippen molar-refractivity contribution in [3.05, 3.63) is 88.6 Å². The molecule has 4 rings (SSSR count). The standard InChI is InChI=1S/C24H25N5O4S/c1-18-7-5-6-8-19(18)16-28-17-26-23-21(24(28)31)15-27-29(23)13-12-25-22(30)11-14-34(32,33)20-9-3-2-4-10-20/h2-10,15,17H,11-14,16H2,1H3,(H,25,30). The first kappa shape index (κ1) is 23.4. The fourth-order valence-electron chi connectivity index (χ4n) is 3.61. The minimum Gasteiger partial charge on any atom is -0.354 e. The number of rotatable bonds is 9. The average Bonchev–Trinajstić information content (AvgIpc) is 3.25. The molecule has 9 nitrogen and oxygen atoms in total. The van der Waals surface area contributed by atoms with Gasteiger partial charge in [-0.3, -0.25) is 14.2 Å².